The Balaban J connectivity index is 1.71. The van der Waals surface area contributed by atoms with Gasteiger partial charge in [-0.15, -0.1) is 0 Å². The van der Waals surface area contributed by atoms with Crippen molar-refractivity contribution in [2.45, 2.75) is 19.8 Å². The van der Waals surface area contributed by atoms with E-state index in [-0.39, 0.29) is 24.3 Å². The lowest BCUT2D eigenvalue weighted by molar-refractivity contribution is -0.116. The number of hydrogen-bond acceptors (Lipinski definition) is 3. The molecule has 0 unspecified atom stereocenters. The van der Waals surface area contributed by atoms with Crippen LogP contribution in [0.5, 0.6) is 0 Å². The van der Waals surface area contributed by atoms with Crippen molar-refractivity contribution >= 4 is 34.2 Å². The number of nitrogens with zero attached hydrogens (tertiary/aromatic N) is 1. The lowest BCUT2D eigenvalue weighted by Gasteiger charge is -2.09. The number of amides is 1. The number of benzene rings is 2. The van der Waals surface area contributed by atoms with Gasteiger partial charge in [-0.25, -0.2) is 4.98 Å². The third-order valence-corrected chi connectivity index (χ3v) is 4.21. The minimum Gasteiger partial charge on any atom is -0.326 e. The number of aromatic amines is 1. The molecule has 0 spiro atoms. The van der Waals surface area contributed by atoms with Crippen LogP contribution < -0.4 is 10.9 Å². The average molecular weight is 342 g/mol. The summed E-state index contributed by atoms with van der Waals surface area (Å²) in [5.41, 5.74) is 2.97. The van der Waals surface area contributed by atoms with Crippen LogP contribution in [0.15, 0.2) is 47.3 Å². The highest BCUT2D eigenvalue weighted by Crippen LogP contribution is 2.23. The highest BCUT2D eigenvalue weighted by atomic mass is 35.5. The number of aromatic nitrogens is 2. The maximum Gasteiger partial charge on any atom is 0.270 e. The maximum atomic E-state index is 12.1. The fraction of sp³-hybridized carbons (Fsp3) is 0.167. The van der Waals surface area contributed by atoms with Gasteiger partial charge in [0, 0.05) is 23.6 Å². The van der Waals surface area contributed by atoms with Gasteiger partial charge in [-0.05, 0) is 36.8 Å². The van der Waals surface area contributed by atoms with Crippen LogP contribution in [0.2, 0.25) is 5.02 Å². The maximum absolute atomic E-state index is 12.1. The molecule has 122 valence electrons. The monoisotopic (exact) mass is 341 g/mol. The molecule has 0 fully saturated rings. The first-order chi connectivity index (χ1) is 11.5. The van der Waals surface area contributed by atoms with Crippen molar-refractivity contribution in [3.05, 3.63) is 69.1 Å². The quantitative estimate of drug-likeness (QED) is 0.763. The Morgan fingerprint density at radius 1 is 1.21 bits per heavy atom. The molecule has 0 saturated carbocycles. The van der Waals surface area contributed by atoms with E-state index in [2.05, 4.69) is 15.3 Å². The van der Waals surface area contributed by atoms with Gasteiger partial charge in [-0.3, -0.25) is 9.59 Å². The van der Waals surface area contributed by atoms with Gasteiger partial charge in [0.25, 0.3) is 5.56 Å². The Kier molecular flexibility index (Phi) is 4.62. The fourth-order valence-electron chi connectivity index (χ4n) is 2.42. The average Bonchev–Trinajstić information content (AvgIpc) is 2.57. The summed E-state index contributed by atoms with van der Waals surface area (Å²) in [6.07, 6.45) is 0.436. The van der Waals surface area contributed by atoms with Crippen molar-refractivity contribution in [2.75, 3.05) is 5.32 Å². The summed E-state index contributed by atoms with van der Waals surface area (Å²) in [5.74, 6) is -0.185. The Morgan fingerprint density at radius 2 is 2.00 bits per heavy atom. The molecular formula is C18H16ClN3O2. The standard InChI is InChI=1S/C18H16ClN3O2/c1-11-12(19)5-4-8-13(11)21-17(23)10-9-16-18(24)22-15-7-3-2-6-14(15)20-16/h2-8H,9-10H2,1H3,(H,21,23)(H,22,24). The first-order valence-electron chi connectivity index (χ1n) is 7.57. The predicted octanol–water partition coefficient (Wildman–Crippen LogP) is 3.46. The first kappa shape index (κ1) is 16.2. The molecule has 3 rings (SSSR count). The van der Waals surface area contributed by atoms with Gasteiger partial charge in [0.2, 0.25) is 5.91 Å². The van der Waals surface area contributed by atoms with Crippen molar-refractivity contribution in [1.29, 1.82) is 0 Å². The van der Waals surface area contributed by atoms with E-state index in [9.17, 15) is 9.59 Å². The van der Waals surface area contributed by atoms with Crippen LogP contribution in [0.25, 0.3) is 11.0 Å². The number of rotatable bonds is 4. The molecule has 3 aromatic rings. The second-order valence-electron chi connectivity index (χ2n) is 5.49. The largest absolute Gasteiger partial charge is 0.326 e. The zero-order chi connectivity index (χ0) is 17.1. The third-order valence-electron chi connectivity index (χ3n) is 3.80. The summed E-state index contributed by atoms with van der Waals surface area (Å²) in [5, 5.41) is 3.41. The molecule has 0 atom stereocenters. The molecule has 24 heavy (non-hydrogen) atoms. The fourth-order valence-corrected chi connectivity index (χ4v) is 2.60. The van der Waals surface area contributed by atoms with Crippen LogP contribution in [0.4, 0.5) is 5.69 Å². The zero-order valence-electron chi connectivity index (χ0n) is 13.1. The number of H-pyrrole nitrogens is 1. The van der Waals surface area contributed by atoms with E-state index < -0.39 is 0 Å². The molecular weight excluding hydrogens is 326 g/mol. The van der Waals surface area contributed by atoms with E-state index in [4.69, 9.17) is 11.6 Å². The molecule has 5 nitrogen and oxygen atoms in total. The number of nitrogens with one attached hydrogen (secondary N) is 2. The summed E-state index contributed by atoms with van der Waals surface area (Å²) in [4.78, 5) is 31.3. The zero-order valence-corrected chi connectivity index (χ0v) is 13.9. The lowest BCUT2D eigenvalue weighted by Crippen LogP contribution is -2.19. The van der Waals surface area contributed by atoms with Crippen LogP contribution in [-0.2, 0) is 11.2 Å². The smallest absolute Gasteiger partial charge is 0.270 e. The second-order valence-corrected chi connectivity index (χ2v) is 5.90. The normalized spacial score (nSPS) is 10.8. The molecule has 6 heteroatoms. The number of carbonyl (C=O) groups is 1. The lowest BCUT2D eigenvalue weighted by atomic mass is 10.2. The molecule has 1 heterocycles. The van der Waals surface area contributed by atoms with Crippen molar-refractivity contribution in [1.82, 2.24) is 9.97 Å². The Bertz CT molecular complexity index is 966. The molecule has 0 bridgehead atoms. The van der Waals surface area contributed by atoms with E-state index in [0.29, 0.717) is 27.4 Å². The second kappa shape index (κ2) is 6.84. The number of fused-ring (bicyclic) bond motifs is 1. The van der Waals surface area contributed by atoms with Crippen LogP contribution in [0.1, 0.15) is 17.7 Å². The van der Waals surface area contributed by atoms with Crippen molar-refractivity contribution in [3.63, 3.8) is 0 Å². The molecule has 0 aliphatic rings. The minimum atomic E-state index is -0.263. The molecule has 2 aromatic carbocycles. The molecule has 0 radical (unpaired) electrons. The van der Waals surface area contributed by atoms with Gasteiger partial charge in [0.1, 0.15) is 5.69 Å². The van der Waals surface area contributed by atoms with E-state index in [0.717, 1.165) is 5.56 Å². The number of hydrogen-bond donors (Lipinski definition) is 2. The number of anilines is 1. The van der Waals surface area contributed by atoms with Crippen LogP contribution >= 0.6 is 11.6 Å². The van der Waals surface area contributed by atoms with Gasteiger partial charge in [0.05, 0.1) is 11.0 Å². The highest BCUT2D eigenvalue weighted by molar-refractivity contribution is 6.31. The minimum absolute atomic E-state index is 0.167. The number of carbonyl (C=O) groups excluding carboxylic acids is 1. The van der Waals surface area contributed by atoms with E-state index >= 15 is 0 Å². The van der Waals surface area contributed by atoms with Crippen LogP contribution in [0, 0.1) is 6.92 Å². The van der Waals surface area contributed by atoms with Gasteiger partial charge in [-0.1, -0.05) is 29.8 Å². The van der Waals surface area contributed by atoms with Crippen molar-refractivity contribution in [2.24, 2.45) is 0 Å². The molecule has 1 amide bonds. The van der Waals surface area contributed by atoms with Gasteiger partial charge >= 0.3 is 0 Å². The summed E-state index contributed by atoms with van der Waals surface area (Å²) in [7, 11) is 0. The number of aryl methyl sites for hydroxylation is 1. The van der Waals surface area contributed by atoms with Crippen LogP contribution in [-0.4, -0.2) is 15.9 Å². The topological polar surface area (TPSA) is 74.8 Å². The predicted molar refractivity (Wildman–Crippen MR) is 95.5 cm³/mol. The van der Waals surface area contributed by atoms with E-state index in [1.54, 1.807) is 24.3 Å². The summed E-state index contributed by atoms with van der Waals surface area (Å²) >= 11 is 6.04. The van der Waals surface area contributed by atoms with E-state index in [1.165, 1.54) is 0 Å². The molecule has 1 aromatic heterocycles. The van der Waals surface area contributed by atoms with Crippen molar-refractivity contribution < 1.29 is 4.79 Å². The first-order valence-corrected chi connectivity index (χ1v) is 7.95. The van der Waals surface area contributed by atoms with Gasteiger partial charge in [0.15, 0.2) is 0 Å². The Labute approximate surface area is 143 Å². The third kappa shape index (κ3) is 3.46. The highest BCUT2D eigenvalue weighted by Gasteiger charge is 2.10. The van der Waals surface area contributed by atoms with Crippen molar-refractivity contribution in [3.8, 4) is 0 Å². The van der Waals surface area contributed by atoms with E-state index in [1.807, 2.05) is 25.1 Å². The summed E-state index contributed by atoms with van der Waals surface area (Å²) in [6, 6.07) is 12.6. The molecule has 0 aliphatic carbocycles. The SMILES string of the molecule is Cc1c(Cl)cccc1NC(=O)CCc1nc2ccccc2[nH]c1=O. The van der Waals surface area contributed by atoms with Gasteiger partial charge < -0.3 is 10.3 Å². The number of para-hydroxylation sites is 2. The molecule has 0 saturated heterocycles. The summed E-state index contributed by atoms with van der Waals surface area (Å²) < 4.78 is 0. The molecule has 0 aliphatic heterocycles. The number of halogens is 1. The molecule has 2 N–H and O–H groups in total. The van der Waals surface area contributed by atoms with Gasteiger partial charge in [-0.2, -0.15) is 0 Å². The Morgan fingerprint density at radius 3 is 2.83 bits per heavy atom. The Hall–Kier alpha value is -2.66. The summed E-state index contributed by atoms with van der Waals surface area (Å²) in [6.45, 7) is 1.84. The van der Waals surface area contributed by atoms with Crippen LogP contribution in [0.3, 0.4) is 0 Å².